The topological polar surface area (TPSA) is 67.9 Å². The number of nitrogens with zero attached hydrogens (tertiary/aromatic N) is 1. The zero-order valence-corrected chi connectivity index (χ0v) is 21.4. The second kappa shape index (κ2) is 12.0. The predicted octanol–water partition coefficient (Wildman–Crippen LogP) is 5.67. The summed E-state index contributed by atoms with van der Waals surface area (Å²) < 4.78 is 24.8. The van der Waals surface area contributed by atoms with Gasteiger partial charge < -0.3 is 14.8 Å². The summed E-state index contributed by atoms with van der Waals surface area (Å²) in [6.07, 6.45) is 5.18. The number of thiophene rings is 1. The van der Waals surface area contributed by atoms with E-state index in [2.05, 4.69) is 5.32 Å². The normalized spacial score (nSPS) is 14.6. The molecular formula is C28H31FN2O4S. The van der Waals surface area contributed by atoms with E-state index in [1.54, 1.807) is 25.3 Å². The van der Waals surface area contributed by atoms with Gasteiger partial charge >= 0.3 is 0 Å². The summed E-state index contributed by atoms with van der Waals surface area (Å²) in [5, 5.41) is 5.09. The van der Waals surface area contributed by atoms with Gasteiger partial charge in [-0.25, -0.2) is 4.39 Å². The summed E-state index contributed by atoms with van der Waals surface area (Å²) in [7, 11) is 3.07. The highest BCUT2D eigenvalue weighted by Gasteiger charge is 2.36. The van der Waals surface area contributed by atoms with Crippen LogP contribution in [0.5, 0.6) is 11.5 Å². The van der Waals surface area contributed by atoms with Crippen LogP contribution in [0, 0.1) is 5.82 Å². The van der Waals surface area contributed by atoms with Crippen LogP contribution >= 0.6 is 11.3 Å². The van der Waals surface area contributed by atoms with E-state index >= 15 is 0 Å². The molecule has 1 N–H and O–H groups in total. The number of nitrogens with one attached hydrogen (secondary N) is 1. The van der Waals surface area contributed by atoms with Crippen molar-refractivity contribution in [2.45, 2.75) is 50.6 Å². The quantitative estimate of drug-likeness (QED) is 0.403. The molecule has 3 aromatic rings. The van der Waals surface area contributed by atoms with Gasteiger partial charge in [0.15, 0.2) is 0 Å². The maximum Gasteiger partial charge on any atom is 0.248 e. The van der Waals surface area contributed by atoms with Crippen molar-refractivity contribution in [3.8, 4) is 11.5 Å². The third-order valence-corrected chi connectivity index (χ3v) is 7.35. The number of hydrogen-bond donors (Lipinski definition) is 1. The predicted molar refractivity (Wildman–Crippen MR) is 139 cm³/mol. The average Bonchev–Trinajstić information content (AvgIpc) is 3.41. The molecule has 1 heterocycles. The molecule has 190 valence electrons. The smallest absolute Gasteiger partial charge is 0.248 e. The van der Waals surface area contributed by atoms with Crippen LogP contribution in [-0.2, 0) is 16.0 Å². The van der Waals surface area contributed by atoms with E-state index in [4.69, 9.17) is 9.47 Å². The van der Waals surface area contributed by atoms with Crippen molar-refractivity contribution in [1.82, 2.24) is 5.32 Å². The van der Waals surface area contributed by atoms with Crippen molar-refractivity contribution in [3.63, 3.8) is 0 Å². The van der Waals surface area contributed by atoms with Crippen LogP contribution in [0.3, 0.4) is 0 Å². The molecule has 0 aliphatic heterocycles. The van der Waals surface area contributed by atoms with Crippen molar-refractivity contribution in [2.24, 2.45) is 0 Å². The first-order chi connectivity index (χ1) is 17.5. The van der Waals surface area contributed by atoms with Crippen LogP contribution in [0.4, 0.5) is 10.1 Å². The van der Waals surface area contributed by atoms with Crippen molar-refractivity contribution >= 4 is 28.8 Å². The van der Waals surface area contributed by atoms with Crippen molar-refractivity contribution in [2.75, 3.05) is 19.1 Å². The zero-order valence-electron chi connectivity index (χ0n) is 20.5. The Kier molecular flexibility index (Phi) is 8.59. The number of carbonyl (C=O) groups is 2. The molecule has 2 aromatic carbocycles. The molecule has 0 spiro atoms. The fraction of sp³-hybridized carbons (Fsp3) is 0.357. The molecule has 1 aliphatic carbocycles. The Bertz CT molecular complexity index is 1160. The summed E-state index contributed by atoms with van der Waals surface area (Å²) in [4.78, 5) is 30.1. The maximum absolute atomic E-state index is 14.0. The molecule has 0 bridgehead atoms. The number of ether oxygens (including phenoxy) is 2. The largest absolute Gasteiger partial charge is 0.497 e. The Labute approximate surface area is 215 Å². The first-order valence-electron chi connectivity index (χ1n) is 12.1. The van der Waals surface area contributed by atoms with E-state index < -0.39 is 11.9 Å². The molecule has 0 saturated heterocycles. The number of rotatable bonds is 9. The lowest BCUT2D eigenvalue weighted by atomic mass is 9.94. The summed E-state index contributed by atoms with van der Waals surface area (Å²) in [6, 6.07) is 13.6. The third-order valence-electron chi connectivity index (χ3n) is 6.47. The molecule has 1 aliphatic rings. The molecule has 1 atom stereocenters. The van der Waals surface area contributed by atoms with Crippen molar-refractivity contribution < 1.29 is 23.5 Å². The first-order valence-corrected chi connectivity index (χ1v) is 13.0. The van der Waals surface area contributed by atoms with Gasteiger partial charge in [0, 0.05) is 28.2 Å². The molecule has 36 heavy (non-hydrogen) atoms. The minimum Gasteiger partial charge on any atom is -0.497 e. The molecule has 6 nitrogen and oxygen atoms in total. The van der Waals surface area contributed by atoms with Gasteiger partial charge in [-0.15, -0.1) is 11.3 Å². The van der Waals surface area contributed by atoms with Crippen LogP contribution in [0.2, 0.25) is 0 Å². The Morgan fingerprint density at radius 1 is 1.06 bits per heavy atom. The Balaban J connectivity index is 1.80. The second-order valence-corrected chi connectivity index (χ2v) is 9.88. The van der Waals surface area contributed by atoms with Crippen LogP contribution in [0.25, 0.3) is 0 Å². The number of hydrogen-bond acceptors (Lipinski definition) is 5. The van der Waals surface area contributed by atoms with E-state index in [1.807, 2.05) is 17.5 Å². The molecule has 1 fully saturated rings. The SMILES string of the molecule is COc1ccc([C@H](C(=O)NC2CCCCC2)N(C(=O)Cc2cccs2)c2ccc(F)cc2)c(OC)c1. The van der Waals surface area contributed by atoms with Gasteiger partial charge in [0.2, 0.25) is 11.8 Å². The highest BCUT2D eigenvalue weighted by atomic mass is 32.1. The maximum atomic E-state index is 14.0. The van der Waals surface area contributed by atoms with Crippen LogP contribution < -0.4 is 19.7 Å². The van der Waals surface area contributed by atoms with Gasteiger partial charge in [-0.05, 0) is 60.7 Å². The molecule has 1 aromatic heterocycles. The summed E-state index contributed by atoms with van der Waals surface area (Å²) >= 11 is 1.47. The minimum atomic E-state index is -1.02. The molecule has 0 unspecified atom stereocenters. The Morgan fingerprint density at radius 2 is 1.81 bits per heavy atom. The summed E-state index contributed by atoms with van der Waals surface area (Å²) in [5.74, 6) is 0.00375. The van der Waals surface area contributed by atoms with E-state index in [9.17, 15) is 14.0 Å². The van der Waals surface area contributed by atoms with Crippen LogP contribution in [0.1, 0.15) is 48.6 Å². The fourth-order valence-electron chi connectivity index (χ4n) is 4.66. The highest BCUT2D eigenvalue weighted by Crippen LogP contribution is 2.36. The molecule has 8 heteroatoms. The van der Waals surface area contributed by atoms with Gasteiger partial charge in [-0.2, -0.15) is 0 Å². The number of anilines is 1. The van der Waals surface area contributed by atoms with E-state index in [-0.39, 0.29) is 24.3 Å². The van der Waals surface area contributed by atoms with E-state index in [1.165, 1.54) is 47.6 Å². The zero-order chi connectivity index (χ0) is 25.5. The number of benzene rings is 2. The average molecular weight is 511 g/mol. The Morgan fingerprint density at radius 3 is 2.44 bits per heavy atom. The number of methoxy groups -OCH3 is 2. The molecule has 4 rings (SSSR count). The van der Waals surface area contributed by atoms with Gasteiger partial charge in [0.25, 0.3) is 0 Å². The third kappa shape index (κ3) is 6.05. The molecular weight excluding hydrogens is 479 g/mol. The van der Waals surface area contributed by atoms with Gasteiger partial charge in [0.1, 0.15) is 23.4 Å². The number of carbonyl (C=O) groups excluding carboxylic acids is 2. The van der Waals surface area contributed by atoms with E-state index in [0.717, 1.165) is 37.0 Å². The summed E-state index contributed by atoms with van der Waals surface area (Å²) in [5.41, 5.74) is 0.954. The van der Waals surface area contributed by atoms with E-state index in [0.29, 0.717) is 22.7 Å². The van der Waals surface area contributed by atoms with Crippen molar-refractivity contribution in [1.29, 1.82) is 0 Å². The molecule has 0 radical (unpaired) electrons. The standard InChI is InChI=1S/C28H31FN2O4S/c1-34-22-14-15-24(25(17-22)35-2)27(28(33)30-20-7-4-3-5-8-20)31(21-12-10-19(29)11-13-21)26(32)18-23-9-6-16-36-23/h6,9-17,20,27H,3-5,7-8,18H2,1-2H3,(H,30,33)/t27-/m1/s1. The first kappa shape index (κ1) is 25.7. The lowest BCUT2D eigenvalue weighted by Gasteiger charge is -2.34. The summed E-state index contributed by atoms with van der Waals surface area (Å²) in [6.45, 7) is 0. The highest BCUT2D eigenvalue weighted by molar-refractivity contribution is 7.10. The lowest BCUT2D eigenvalue weighted by Crippen LogP contribution is -2.47. The molecule has 1 saturated carbocycles. The lowest BCUT2D eigenvalue weighted by molar-refractivity contribution is -0.127. The fourth-order valence-corrected chi connectivity index (χ4v) is 5.35. The second-order valence-electron chi connectivity index (χ2n) is 8.85. The number of amides is 2. The van der Waals surface area contributed by atoms with Crippen molar-refractivity contribution in [3.05, 3.63) is 76.2 Å². The van der Waals surface area contributed by atoms with Gasteiger partial charge in [-0.3, -0.25) is 14.5 Å². The Hall–Kier alpha value is -3.39. The van der Waals surface area contributed by atoms with Gasteiger partial charge in [-0.1, -0.05) is 25.3 Å². The molecule has 2 amide bonds. The van der Waals surface area contributed by atoms with Crippen LogP contribution in [-0.4, -0.2) is 32.1 Å². The monoisotopic (exact) mass is 510 g/mol. The van der Waals surface area contributed by atoms with Crippen LogP contribution in [0.15, 0.2) is 60.0 Å². The van der Waals surface area contributed by atoms with Gasteiger partial charge in [0.05, 0.1) is 20.6 Å². The minimum absolute atomic E-state index is 0.0421. The number of halogens is 1.